The summed E-state index contributed by atoms with van der Waals surface area (Å²) in [6.07, 6.45) is 2.17. The molecule has 5 nitrogen and oxygen atoms in total. The van der Waals surface area contributed by atoms with Crippen LogP contribution in [0, 0.1) is 5.92 Å². The topological polar surface area (TPSA) is 60.9 Å². The average molecular weight is 357 g/mol. The molecule has 1 N–H and O–H groups in total. The molecule has 23 heavy (non-hydrogen) atoms. The number of rotatable bonds is 3. The molecule has 2 unspecified atom stereocenters. The SMILES string of the molecule is O=C(O)C1CCCN(C2CCN(c3ccc(Cl)cc3Cl)C2=O)C1. The summed E-state index contributed by atoms with van der Waals surface area (Å²) < 4.78 is 0. The molecule has 1 amide bonds. The normalized spacial score (nSPS) is 25.8. The molecular weight excluding hydrogens is 339 g/mol. The molecule has 0 bridgehead atoms. The van der Waals surface area contributed by atoms with Gasteiger partial charge in [0, 0.05) is 18.1 Å². The second-order valence-electron chi connectivity index (χ2n) is 6.06. The number of hydrogen-bond acceptors (Lipinski definition) is 3. The van der Waals surface area contributed by atoms with E-state index in [0.717, 1.165) is 13.0 Å². The molecule has 7 heteroatoms. The largest absolute Gasteiger partial charge is 0.481 e. The van der Waals surface area contributed by atoms with Gasteiger partial charge in [0.25, 0.3) is 0 Å². The van der Waals surface area contributed by atoms with E-state index in [4.69, 9.17) is 23.2 Å². The fraction of sp³-hybridized carbons (Fsp3) is 0.500. The van der Waals surface area contributed by atoms with Gasteiger partial charge in [0.1, 0.15) is 0 Å². The molecule has 0 aliphatic carbocycles. The minimum Gasteiger partial charge on any atom is -0.481 e. The van der Waals surface area contributed by atoms with Crippen LogP contribution in [0.4, 0.5) is 5.69 Å². The second-order valence-corrected chi connectivity index (χ2v) is 6.91. The highest BCUT2D eigenvalue weighted by Gasteiger charge is 2.40. The molecule has 2 aliphatic rings. The summed E-state index contributed by atoms with van der Waals surface area (Å²) in [5.74, 6) is -1.18. The molecule has 0 aromatic heterocycles. The number of nitrogens with zero attached hydrogens (tertiary/aromatic N) is 2. The molecular formula is C16H18Cl2N2O3. The van der Waals surface area contributed by atoms with Crippen molar-refractivity contribution in [3.8, 4) is 0 Å². The zero-order valence-corrected chi connectivity index (χ0v) is 14.1. The van der Waals surface area contributed by atoms with E-state index in [1.54, 1.807) is 23.1 Å². The van der Waals surface area contributed by atoms with Gasteiger partial charge in [-0.3, -0.25) is 14.5 Å². The van der Waals surface area contributed by atoms with Gasteiger partial charge < -0.3 is 10.0 Å². The van der Waals surface area contributed by atoms with Gasteiger partial charge in [-0.05, 0) is 44.0 Å². The molecule has 2 heterocycles. The first-order valence-electron chi connectivity index (χ1n) is 7.70. The highest BCUT2D eigenvalue weighted by Crippen LogP contribution is 2.33. The highest BCUT2D eigenvalue weighted by atomic mass is 35.5. The molecule has 2 aliphatic heterocycles. The number of halogens is 2. The predicted molar refractivity (Wildman–Crippen MR) is 89.2 cm³/mol. The van der Waals surface area contributed by atoms with Crippen molar-refractivity contribution in [2.75, 3.05) is 24.5 Å². The summed E-state index contributed by atoms with van der Waals surface area (Å²) in [4.78, 5) is 27.7. The number of aliphatic carboxylic acids is 1. The molecule has 2 saturated heterocycles. The summed E-state index contributed by atoms with van der Waals surface area (Å²) in [5, 5.41) is 10.2. The van der Waals surface area contributed by atoms with Gasteiger partial charge >= 0.3 is 5.97 Å². The monoisotopic (exact) mass is 356 g/mol. The fourth-order valence-electron chi connectivity index (χ4n) is 3.43. The van der Waals surface area contributed by atoms with Gasteiger partial charge in [-0.1, -0.05) is 23.2 Å². The van der Waals surface area contributed by atoms with Gasteiger partial charge in [-0.25, -0.2) is 0 Å². The van der Waals surface area contributed by atoms with E-state index < -0.39 is 5.97 Å². The van der Waals surface area contributed by atoms with E-state index in [-0.39, 0.29) is 17.9 Å². The van der Waals surface area contributed by atoms with Gasteiger partial charge in [0.05, 0.1) is 22.7 Å². The maximum Gasteiger partial charge on any atom is 0.307 e. The zero-order valence-electron chi connectivity index (χ0n) is 12.5. The number of piperidine rings is 1. The van der Waals surface area contributed by atoms with Gasteiger partial charge in [0.15, 0.2) is 0 Å². The third-order valence-corrected chi connectivity index (χ3v) is 5.16. The Bertz CT molecular complexity index is 638. The Kier molecular flexibility index (Phi) is 4.80. The number of benzene rings is 1. The number of anilines is 1. The minimum absolute atomic E-state index is 0.0136. The van der Waals surface area contributed by atoms with Crippen LogP contribution < -0.4 is 4.90 Å². The summed E-state index contributed by atoms with van der Waals surface area (Å²) >= 11 is 12.1. The maximum absolute atomic E-state index is 12.8. The van der Waals surface area contributed by atoms with E-state index in [0.29, 0.717) is 41.7 Å². The Hall–Kier alpha value is -1.30. The first-order valence-corrected chi connectivity index (χ1v) is 8.46. The molecule has 124 valence electrons. The van der Waals surface area contributed by atoms with Gasteiger partial charge in [0.2, 0.25) is 5.91 Å². The van der Waals surface area contributed by atoms with E-state index in [1.807, 2.05) is 4.90 Å². The maximum atomic E-state index is 12.8. The van der Waals surface area contributed by atoms with E-state index >= 15 is 0 Å². The van der Waals surface area contributed by atoms with Crippen LogP contribution in [0.3, 0.4) is 0 Å². The number of carboxylic acids is 1. The van der Waals surface area contributed by atoms with Crippen molar-refractivity contribution >= 4 is 40.8 Å². The minimum atomic E-state index is -0.780. The van der Waals surface area contributed by atoms with Crippen LogP contribution in [0.25, 0.3) is 0 Å². The smallest absolute Gasteiger partial charge is 0.307 e. The average Bonchev–Trinajstić information content (AvgIpc) is 2.89. The summed E-state index contributed by atoms with van der Waals surface area (Å²) in [7, 11) is 0. The Morgan fingerprint density at radius 1 is 1.22 bits per heavy atom. The van der Waals surface area contributed by atoms with Crippen molar-refractivity contribution in [3.63, 3.8) is 0 Å². The van der Waals surface area contributed by atoms with Crippen molar-refractivity contribution < 1.29 is 14.7 Å². The van der Waals surface area contributed by atoms with Crippen molar-refractivity contribution in [2.24, 2.45) is 5.92 Å². The summed E-state index contributed by atoms with van der Waals surface area (Å²) in [5.41, 5.74) is 0.662. The number of carbonyl (C=O) groups is 2. The Labute approximate surface area is 144 Å². The van der Waals surface area contributed by atoms with Crippen molar-refractivity contribution in [1.82, 2.24) is 4.90 Å². The van der Waals surface area contributed by atoms with Crippen LogP contribution in [0.1, 0.15) is 19.3 Å². The number of carboxylic acid groups (broad SMARTS) is 1. The van der Waals surface area contributed by atoms with E-state index in [1.165, 1.54) is 0 Å². The van der Waals surface area contributed by atoms with E-state index in [2.05, 4.69) is 0 Å². The number of hydrogen-bond donors (Lipinski definition) is 1. The number of likely N-dealkylation sites (tertiary alicyclic amines) is 1. The molecule has 1 aromatic carbocycles. The van der Waals surface area contributed by atoms with Gasteiger partial charge in [-0.2, -0.15) is 0 Å². The first-order chi connectivity index (χ1) is 11.0. The highest BCUT2D eigenvalue weighted by molar-refractivity contribution is 6.36. The zero-order chi connectivity index (χ0) is 16.6. The Morgan fingerprint density at radius 2 is 2.00 bits per heavy atom. The lowest BCUT2D eigenvalue weighted by atomic mass is 9.96. The van der Waals surface area contributed by atoms with Crippen LogP contribution in [0.2, 0.25) is 10.0 Å². The standard InChI is InChI=1S/C16H18Cl2N2O3/c17-11-3-4-13(12(18)8-11)20-7-5-14(15(20)21)19-6-1-2-10(9-19)16(22)23/h3-4,8,10,14H,1-2,5-7,9H2,(H,22,23). The van der Waals surface area contributed by atoms with Crippen LogP contribution in [-0.2, 0) is 9.59 Å². The predicted octanol–water partition coefficient (Wildman–Crippen LogP) is 2.90. The number of carbonyl (C=O) groups excluding carboxylic acids is 1. The lowest BCUT2D eigenvalue weighted by molar-refractivity contribution is -0.144. The van der Waals surface area contributed by atoms with Gasteiger partial charge in [-0.15, -0.1) is 0 Å². The fourth-order valence-corrected chi connectivity index (χ4v) is 3.94. The molecule has 2 atom stereocenters. The third kappa shape index (κ3) is 3.32. The van der Waals surface area contributed by atoms with Crippen molar-refractivity contribution in [2.45, 2.75) is 25.3 Å². The van der Waals surface area contributed by atoms with Crippen LogP contribution in [0.5, 0.6) is 0 Å². The Balaban J connectivity index is 1.75. The molecule has 1 aromatic rings. The molecule has 0 spiro atoms. The van der Waals surface area contributed by atoms with Crippen LogP contribution in [0.15, 0.2) is 18.2 Å². The molecule has 3 rings (SSSR count). The van der Waals surface area contributed by atoms with Crippen molar-refractivity contribution in [1.29, 1.82) is 0 Å². The first kappa shape index (κ1) is 16.6. The molecule has 0 radical (unpaired) electrons. The van der Waals surface area contributed by atoms with E-state index in [9.17, 15) is 14.7 Å². The van der Waals surface area contributed by atoms with Crippen LogP contribution in [-0.4, -0.2) is 47.6 Å². The summed E-state index contributed by atoms with van der Waals surface area (Å²) in [6, 6.07) is 4.83. The second kappa shape index (κ2) is 6.67. The Morgan fingerprint density at radius 3 is 2.70 bits per heavy atom. The van der Waals surface area contributed by atoms with Crippen molar-refractivity contribution in [3.05, 3.63) is 28.2 Å². The quantitative estimate of drug-likeness (QED) is 0.904. The molecule has 2 fully saturated rings. The van der Waals surface area contributed by atoms with Crippen LogP contribution >= 0.6 is 23.2 Å². The molecule has 0 saturated carbocycles. The summed E-state index contributed by atoms with van der Waals surface area (Å²) in [6.45, 7) is 1.79. The number of amides is 1. The third-order valence-electron chi connectivity index (χ3n) is 4.62. The lowest BCUT2D eigenvalue weighted by Gasteiger charge is -2.34. The lowest BCUT2D eigenvalue weighted by Crippen LogP contribution is -2.48.